The van der Waals surface area contributed by atoms with Crippen molar-refractivity contribution in [2.24, 2.45) is 0 Å². The van der Waals surface area contributed by atoms with E-state index in [1.807, 2.05) is 6.92 Å². The van der Waals surface area contributed by atoms with Crippen LogP contribution in [0.4, 0.5) is 5.00 Å². The van der Waals surface area contributed by atoms with Crippen LogP contribution in [0, 0.1) is 0 Å². The number of fused-ring (bicyclic) bond motifs is 1. The summed E-state index contributed by atoms with van der Waals surface area (Å²) in [6, 6.07) is 0. The van der Waals surface area contributed by atoms with Crippen molar-refractivity contribution < 1.29 is 23.9 Å². The van der Waals surface area contributed by atoms with Crippen LogP contribution in [0.25, 0.3) is 0 Å². The van der Waals surface area contributed by atoms with E-state index in [9.17, 15) is 14.4 Å². The number of hydrogen-bond donors (Lipinski definition) is 1. The normalized spacial score (nSPS) is 13.1. The third-order valence-electron chi connectivity index (χ3n) is 3.72. The summed E-state index contributed by atoms with van der Waals surface area (Å²) in [6.07, 6.45) is 4.80. The van der Waals surface area contributed by atoms with Gasteiger partial charge < -0.3 is 14.8 Å². The highest BCUT2D eigenvalue weighted by molar-refractivity contribution is 7.17. The molecule has 132 valence electrons. The van der Waals surface area contributed by atoms with E-state index in [4.69, 9.17) is 9.47 Å². The Morgan fingerprint density at radius 1 is 1.12 bits per heavy atom. The van der Waals surface area contributed by atoms with Gasteiger partial charge in [-0.2, -0.15) is 0 Å². The average molecular weight is 353 g/mol. The Bertz CT molecular complexity index is 623. The molecule has 0 radical (unpaired) electrons. The molecule has 0 unspecified atom stereocenters. The van der Waals surface area contributed by atoms with E-state index in [1.54, 1.807) is 6.92 Å². The molecule has 1 amide bonds. The second-order valence-corrected chi connectivity index (χ2v) is 6.70. The third kappa shape index (κ3) is 4.56. The Morgan fingerprint density at radius 3 is 2.58 bits per heavy atom. The zero-order valence-electron chi connectivity index (χ0n) is 14.1. The fourth-order valence-electron chi connectivity index (χ4n) is 2.66. The Labute approximate surface area is 145 Å². The minimum Gasteiger partial charge on any atom is -0.462 e. The molecule has 1 aromatic heterocycles. The highest BCUT2D eigenvalue weighted by atomic mass is 32.1. The van der Waals surface area contributed by atoms with Crippen molar-refractivity contribution in [3.05, 3.63) is 16.0 Å². The Balaban J connectivity index is 2.11. The summed E-state index contributed by atoms with van der Waals surface area (Å²) in [6.45, 7) is 3.56. The van der Waals surface area contributed by atoms with Crippen LogP contribution in [0.3, 0.4) is 0 Å². The van der Waals surface area contributed by atoms with E-state index in [0.717, 1.165) is 36.1 Å². The van der Waals surface area contributed by atoms with Crippen molar-refractivity contribution in [1.82, 2.24) is 0 Å². The first-order chi connectivity index (χ1) is 11.6. The van der Waals surface area contributed by atoms with E-state index in [1.165, 1.54) is 11.3 Å². The number of thiophene rings is 1. The van der Waals surface area contributed by atoms with Crippen LogP contribution in [-0.4, -0.2) is 31.1 Å². The maximum Gasteiger partial charge on any atom is 0.341 e. The number of ether oxygens (including phenoxy) is 2. The molecule has 1 heterocycles. The van der Waals surface area contributed by atoms with Gasteiger partial charge in [-0.25, -0.2) is 4.79 Å². The van der Waals surface area contributed by atoms with Crippen LogP contribution < -0.4 is 5.32 Å². The average Bonchev–Trinajstić information content (AvgIpc) is 2.91. The van der Waals surface area contributed by atoms with Crippen molar-refractivity contribution in [3.63, 3.8) is 0 Å². The van der Waals surface area contributed by atoms with Gasteiger partial charge in [-0.3, -0.25) is 9.59 Å². The summed E-state index contributed by atoms with van der Waals surface area (Å²) in [5.74, 6) is -1.25. The molecule has 0 bridgehead atoms. The number of aryl methyl sites for hydroxylation is 1. The van der Waals surface area contributed by atoms with Gasteiger partial charge in [-0.05, 0) is 44.6 Å². The molecular weight excluding hydrogens is 330 g/mol. The molecule has 1 aliphatic carbocycles. The predicted octanol–water partition coefficient (Wildman–Crippen LogP) is 3.09. The summed E-state index contributed by atoms with van der Waals surface area (Å²) < 4.78 is 10.0. The van der Waals surface area contributed by atoms with Gasteiger partial charge in [-0.15, -0.1) is 11.3 Å². The monoisotopic (exact) mass is 353 g/mol. The minimum absolute atomic E-state index is 0.283. The van der Waals surface area contributed by atoms with Gasteiger partial charge in [0.15, 0.2) is 6.61 Å². The molecule has 0 aromatic carbocycles. The van der Waals surface area contributed by atoms with Gasteiger partial charge >= 0.3 is 11.9 Å². The van der Waals surface area contributed by atoms with Crippen LogP contribution >= 0.6 is 11.3 Å². The second kappa shape index (κ2) is 8.82. The standard InChI is InChI=1S/C17H23NO5S/c1-3-7-14(20)23-10-13(19)18-16-15(17(21)22-4-2)11-8-5-6-9-12(11)24-16/h3-10H2,1-2H3,(H,18,19). The molecule has 0 fully saturated rings. The number of nitrogens with one attached hydrogen (secondary N) is 1. The summed E-state index contributed by atoms with van der Waals surface area (Å²) in [7, 11) is 0. The quantitative estimate of drug-likeness (QED) is 0.762. The van der Waals surface area contributed by atoms with Crippen LogP contribution in [0.2, 0.25) is 0 Å². The lowest BCUT2D eigenvalue weighted by Crippen LogP contribution is -2.21. The van der Waals surface area contributed by atoms with Gasteiger partial charge in [0.05, 0.1) is 12.2 Å². The van der Waals surface area contributed by atoms with Crippen molar-refractivity contribution in [3.8, 4) is 0 Å². The Kier molecular flexibility index (Phi) is 6.78. The lowest BCUT2D eigenvalue weighted by Gasteiger charge is -2.12. The van der Waals surface area contributed by atoms with Gasteiger partial charge in [0.2, 0.25) is 0 Å². The first kappa shape index (κ1) is 18.4. The molecule has 0 saturated carbocycles. The molecule has 24 heavy (non-hydrogen) atoms. The highest BCUT2D eigenvalue weighted by Gasteiger charge is 2.27. The van der Waals surface area contributed by atoms with Crippen LogP contribution in [0.1, 0.15) is 60.3 Å². The number of carbonyl (C=O) groups is 3. The molecular formula is C17H23NO5S. The third-order valence-corrected chi connectivity index (χ3v) is 4.93. The molecule has 2 rings (SSSR count). The lowest BCUT2D eigenvalue weighted by molar-refractivity contribution is -0.147. The summed E-state index contributed by atoms with van der Waals surface area (Å²) in [4.78, 5) is 36.8. The Morgan fingerprint density at radius 2 is 1.88 bits per heavy atom. The van der Waals surface area contributed by atoms with Crippen LogP contribution in [-0.2, 0) is 31.9 Å². The number of rotatable bonds is 7. The molecule has 0 saturated heterocycles. The number of anilines is 1. The smallest absolute Gasteiger partial charge is 0.341 e. The van der Waals surface area contributed by atoms with Crippen LogP contribution in [0.15, 0.2) is 0 Å². The molecule has 0 atom stereocenters. The second-order valence-electron chi connectivity index (χ2n) is 5.59. The maximum absolute atomic E-state index is 12.3. The van der Waals surface area contributed by atoms with Gasteiger partial charge in [0.1, 0.15) is 5.00 Å². The predicted molar refractivity (Wildman–Crippen MR) is 91.4 cm³/mol. The minimum atomic E-state index is -0.441. The largest absolute Gasteiger partial charge is 0.462 e. The van der Waals surface area contributed by atoms with Crippen molar-refractivity contribution >= 4 is 34.2 Å². The van der Waals surface area contributed by atoms with E-state index in [2.05, 4.69) is 5.32 Å². The Hall–Kier alpha value is -1.89. The number of carbonyl (C=O) groups excluding carboxylic acids is 3. The lowest BCUT2D eigenvalue weighted by atomic mass is 9.95. The first-order valence-corrected chi connectivity index (χ1v) is 9.15. The van der Waals surface area contributed by atoms with Gasteiger partial charge in [0.25, 0.3) is 5.91 Å². The zero-order valence-corrected chi connectivity index (χ0v) is 14.9. The SMILES string of the molecule is CCCC(=O)OCC(=O)Nc1sc2c(c1C(=O)OCC)CCCC2. The van der Waals surface area contributed by atoms with Gasteiger partial charge in [-0.1, -0.05) is 6.92 Å². The molecule has 0 aliphatic heterocycles. The zero-order chi connectivity index (χ0) is 17.5. The highest BCUT2D eigenvalue weighted by Crippen LogP contribution is 2.38. The molecule has 7 heteroatoms. The van der Waals surface area contributed by atoms with E-state index in [-0.39, 0.29) is 19.6 Å². The van der Waals surface area contributed by atoms with E-state index in [0.29, 0.717) is 17.0 Å². The molecule has 1 aromatic rings. The molecule has 0 spiro atoms. The van der Waals surface area contributed by atoms with E-state index >= 15 is 0 Å². The molecule has 6 nitrogen and oxygen atoms in total. The molecule has 1 aliphatic rings. The summed E-state index contributed by atoms with van der Waals surface area (Å²) >= 11 is 1.42. The molecule has 1 N–H and O–H groups in total. The maximum atomic E-state index is 12.3. The summed E-state index contributed by atoms with van der Waals surface area (Å²) in [5.41, 5.74) is 1.45. The number of hydrogen-bond acceptors (Lipinski definition) is 6. The van der Waals surface area contributed by atoms with Crippen LogP contribution in [0.5, 0.6) is 0 Å². The van der Waals surface area contributed by atoms with E-state index < -0.39 is 17.8 Å². The van der Waals surface area contributed by atoms with Crippen molar-refractivity contribution in [2.45, 2.75) is 52.4 Å². The first-order valence-electron chi connectivity index (χ1n) is 8.33. The van der Waals surface area contributed by atoms with Gasteiger partial charge in [0, 0.05) is 11.3 Å². The number of esters is 2. The number of amides is 1. The topological polar surface area (TPSA) is 81.7 Å². The fourth-order valence-corrected chi connectivity index (χ4v) is 3.95. The van der Waals surface area contributed by atoms with Crippen molar-refractivity contribution in [1.29, 1.82) is 0 Å². The fraction of sp³-hybridized carbons (Fsp3) is 0.588. The van der Waals surface area contributed by atoms with Crippen molar-refractivity contribution in [2.75, 3.05) is 18.5 Å². The summed E-state index contributed by atoms with van der Waals surface area (Å²) in [5, 5.41) is 3.20.